The van der Waals surface area contributed by atoms with Gasteiger partial charge in [0.15, 0.2) is 0 Å². The maximum Gasteiger partial charge on any atom is 0.133 e. The van der Waals surface area contributed by atoms with E-state index in [0.29, 0.717) is 27.1 Å². The Labute approximate surface area is 147 Å². The smallest absolute Gasteiger partial charge is 0.133 e. The summed E-state index contributed by atoms with van der Waals surface area (Å²) in [7, 11) is 3.17. The number of hydrogen-bond donors (Lipinski definition) is 0. The van der Waals surface area contributed by atoms with Crippen molar-refractivity contribution in [2.24, 2.45) is 0 Å². The number of benzene rings is 2. The molecule has 112 valence electrons. The Morgan fingerprint density at radius 2 is 1.62 bits per heavy atom. The molecule has 0 amide bonds. The molecule has 0 aromatic heterocycles. The molecule has 0 aliphatic carbocycles. The fourth-order valence-electron chi connectivity index (χ4n) is 1.96. The van der Waals surface area contributed by atoms with Crippen LogP contribution in [-0.2, 0) is 0 Å². The number of alkyl halides is 1. The van der Waals surface area contributed by atoms with Gasteiger partial charge in [0.2, 0.25) is 0 Å². The van der Waals surface area contributed by atoms with Gasteiger partial charge in [-0.15, -0.1) is 11.6 Å². The van der Waals surface area contributed by atoms with Crippen molar-refractivity contribution in [2.45, 2.75) is 5.38 Å². The minimum atomic E-state index is -0.506. The van der Waals surface area contributed by atoms with E-state index in [2.05, 4.69) is 15.9 Å². The first kappa shape index (κ1) is 16.8. The van der Waals surface area contributed by atoms with E-state index in [1.54, 1.807) is 32.4 Å². The van der Waals surface area contributed by atoms with Crippen molar-refractivity contribution in [1.82, 2.24) is 0 Å². The molecule has 2 aromatic rings. The standard InChI is InChI=1S/C15H12BrCl3O2/c1-20-13-7-11(16)14(21-2)6-10(13)15(19)9-5-8(17)3-4-12(9)18/h3-7,15H,1-2H3. The second-order valence-corrected chi connectivity index (χ2v) is 6.39. The molecule has 21 heavy (non-hydrogen) atoms. The maximum absolute atomic E-state index is 6.58. The monoisotopic (exact) mass is 408 g/mol. The van der Waals surface area contributed by atoms with Crippen LogP contribution >= 0.6 is 50.7 Å². The van der Waals surface area contributed by atoms with E-state index in [1.807, 2.05) is 12.1 Å². The molecule has 2 aromatic carbocycles. The van der Waals surface area contributed by atoms with Crippen LogP contribution in [-0.4, -0.2) is 14.2 Å². The van der Waals surface area contributed by atoms with Crippen LogP contribution in [0.4, 0.5) is 0 Å². The summed E-state index contributed by atoms with van der Waals surface area (Å²) >= 11 is 22.2. The van der Waals surface area contributed by atoms with Gasteiger partial charge in [-0.1, -0.05) is 23.2 Å². The van der Waals surface area contributed by atoms with Crippen LogP contribution in [0.1, 0.15) is 16.5 Å². The van der Waals surface area contributed by atoms with Crippen LogP contribution in [0.5, 0.6) is 11.5 Å². The minimum Gasteiger partial charge on any atom is -0.496 e. The predicted octanol–water partition coefficient (Wildman–Crippen LogP) is 6.10. The first-order chi connectivity index (χ1) is 9.97. The highest BCUT2D eigenvalue weighted by molar-refractivity contribution is 9.10. The molecule has 0 bridgehead atoms. The molecule has 0 N–H and O–H groups in total. The molecular weight excluding hydrogens is 398 g/mol. The van der Waals surface area contributed by atoms with Crippen LogP contribution in [0, 0.1) is 0 Å². The van der Waals surface area contributed by atoms with Crippen LogP contribution in [0.2, 0.25) is 10.0 Å². The third-order valence-corrected chi connectivity index (χ3v) is 4.68. The Morgan fingerprint density at radius 3 is 2.24 bits per heavy atom. The first-order valence-corrected chi connectivity index (χ1v) is 7.97. The molecule has 0 spiro atoms. The van der Waals surface area contributed by atoms with E-state index in [4.69, 9.17) is 44.3 Å². The summed E-state index contributed by atoms with van der Waals surface area (Å²) in [6, 6.07) is 8.81. The van der Waals surface area contributed by atoms with Crippen LogP contribution in [0.3, 0.4) is 0 Å². The topological polar surface area (TPSA) is 18.5 Å². The van der Waals surface area contributed by atoms with Crippen molar-refractivity contribution in [3.8, 4) is 11.5 Å². The molecule has 2 nitrogen and oxygen atoms in total. The number of halogens is 4. The van der Waals surface area contributed by atoms with Crippen LogP contribution in [0.15, 0.2) is 34.8 Å². The zero-order valence-electron chi connectivity index (χ0n) is 11.3. The molecule has 0 saturated heterocycles. The van der Waals surface area contributed by atoms with Gasteiger partial charge in [0, 0.05) is 15.6 Å². The lowest BCUT2D eigenvalue weighted by atomic mass is 10.0. The molecule has 6 heteroatoms. The Kier molecular flexibility index (Phi) is 5.67. The summed E-state index contributed by atoms with van der Waals surface area (Å²) < 4.78 is 11.5. The Hall–Kier alpha value is -0.610. The van der Waals surface area contributed by atoms with Crippen molar-refractivity contribution < 1.29 is 9.47 Å². The third kappa shape index (κ3) is 3.59. The van der Waals surface area contributed by atoms with E-state index in [1.165, 1.54) is 0 Å². The molecule has 0 radical (unpaired) electrons. The lowest BCUT2D eigenvalue weighted by Crippen LogP contribution is -2.00. The summed E-state index contributed by atoms with van der Waals surface area (Å²) in [6.45, 7) is 0. The van der Waals surface area contributed by atoms with Gasteiger partial charge in [-0.2, -0.15) is 0 Å². The summed E-state index contributed by atoms with van der Waals surface area (Å²) in [6.07, 6.45) is 0. The van der Waals surface area contributed by atoms with E-state index >= 15 is 0 Å². The summed E-state index contributed by atoms with van der Waals surface area (Å²) in [4.78, 5) is 0. The normalized spacial score (nSPS) is 12.1. The summed E-state index contributed by atoms with van der Waals surface area (Å²) in [5.74, 6) is 1.30. The molecule has 0 saturated carbocycles. The first-order valence-electron chi connectivity index (χ1n) is 5.98. The third-order valence-electron chi connectivity index (χ3n) is 3.01. The van der Waals surface area contributed by atoms with Gasteiger partial charge < -0.3 is 9.47 Å². The second-order valence-electron chi connectivity index (χ2n) is 4.26. The van der Waals surface area contributed by atoms with E-state index in [0.717, 1.165) is 10.0 Å². The van der Waals surface area contributed by atoms with Gasteiger partial charge in [-0.3, -0.25) is 0 Å². The Balaban J connectivity index is 2.56. The zero-order valence-corrected chi connectivity index (χ0v) is 15.1. The van der Waals surface area contributed by atoms with Gasteiger partial charge in [0.25, 0.3) is 0 Å². The minimum absolute atomic E-state index is 0.506. The van der Waals surface area contributed by atoms with Crippen molar-refractivity contribution in [3.05, 3.63) is 56.0 Å². The highest BCUT2D eigenvalue weighted by Gasteiger charge is 2.21. The molecule has 0 fully saturated rings. The van der Waals surface area contributed by atoms with E-state index < -0.39 is 5.38 Å². The fourth-order valence-corrected chi connectivity index (χ4v) is 3.26. The molecule has 0 aliphatic heterocycles. The lowest BCUT2D eigenvalue weighted by Gasteiger charge is -2.18. The largest absolute Gasteiger partial charge is 0.496 e. The maximum atomic E-state index is 6.58. The van der Waals surface area contributed by atoms with Crippen molar-refractivity contribution >= 4 is 50.7 Å². The van der Waals surface area contributed by atoms with Crippen LogP contribution < -0.4 is 9.47 Å². The number of methoxy groups -OCH3 is 2. The highest BCUT2D eigenvalue weighted by Crippen LogP contribution is 2.43. The van der Waals surface area contributed by atoms with E-state index in [9.17, 15) is 0 Å². The van der Waals surface area contributed by atoms with Crippen molar-refractivity contribution in [3.63, 3.8) is 0 Å². The molecule has 0 aliphatic rings. The fraction of sp³-hybridized carbons (Fsp3) is 0.200. The number of ether oxygens (including phenoxy) is 2. The summed E-state index contributed by atoms with van der Waals surface area (Å²) in [5.41, 5.74) is 1.47. The number of hydrogen-bond acceptors (Lipinski definition) is 2. The number of rotatable bonds is 4. The quantitative estimate of drug-likeness (QED) is 0.567. The van der Waals surface area contributed by atoms with Gasteiger partial charge in [0.1, 0.15) is 11.5 Å². The Morgan fingerprint density at radius 1 is 0.952 bits per heavy atom. The predicted molar refractivity (Wildman–Crippen MR) is 91.4 cm³/mol. The van der Waals surface area contributed by atoms with Crippen LogP contribution in [0.25, 0.3) is 0 Å². The Bertz CT molecular complexity index is 662. The second kappa shape index (κ2) is 7.10. The van der Waals surface area contributed by atoms with Crippen molar-refractivity contribution in [2.75, 3.05) is 14.2 Å². The molecular formula is C15H12BrCl3O2. The molecule has 2 rings (SSSR count). The zero-order chi connectivity index (χ0) is 15.6. The van der Waals surface area contributed by atoms with Crippen molar-refractivity contribution in [1.29, 1.82) is 0 Å². The molecule has 1 unspecified atom stereocenters. The average Bonchev–Trinajstić information content (AvgIpc) is 2.48. The summed E-state index contributed by atoms with van der Waals surface area (Å²) in [5, 5.41) is 0.611. The van der Waals surface area contributed by atoms with Gasteiger partial charge >= 0.3 is 0 Å². The molecule has 0 heterocycles. The van der Waals surface area contributed by atoms with E-state index in [-0.39, 0.29) is 0 Å². The molecule has 1 atom stereocenters. The van der Waals surface area contributed by atoms with Gasteiger partial charge in [-0.05, 0) is 51.8 Å². The lowest BCUT2D eigenvalue weighted by molar-refractivity contribution is 0.397. The van der Waals surface area contributed by atoms with Gasteiger partial charge in [0.05, 0.1) is 24.1 Å². The average molecular weight is 411 g/mol. The van der Waals surface area contributed by atoms with Gasteiger partial charge in [-0.25, -0.2) is 0 Å². The highest BCUT2D eigenvalue weighted by atomic mass is 79.9. The SMILES string of the molecule is COc1cc(C(Cl)c2cc(Cl)ccc2Cl)c(OC)cc1Br.